The largest absolute Gasteiger partial charge is 0.492 e. The normalized spacial score (nSPS) is 21.2. The molecule has 2 unspecified atom stereocenters. The van der Waals surface area contributed by atoms with E-state index in [1.165, 1.54) is 11.0 Å². The van der Waals surface area contributed by atoms with Crippen LogP contribution in [0.1, 0.15) is 29.3 Å². The van der Waals surface area contributed by atoms with E-state index in [4.69, 9.17) is 31.6 Å². The quantitative estimate of drug-likeness (QED) is 0.690. The molecule has 3 N–H and O–H groups in total. The van der Waals surface area contributed by atoms with Gasteiger partial charge in [0.05, 0.1) is 41.6 Å². The number of carbonyl (C=O) groups is 2. The first-order valence-electron chi connectivity index (χ1n) is 9.61. The number of hydrogen-bond acceptors (Lipinski definition) is 7. The van der Waals surface area contributed by atoms with Gasteiger partial charge < -0.3 is 30.3 Å². The Morgan fingerprint density at radius 2 is 2.24 bits per heavy atom. The molecule has 0 aliphatic carbocycles. The number of methoxy groups -OCH3 is 1. The van der Waals surface area contributed by atoms with Crippen molar-refractivity contribution in [3.8, 4) is 5.75 Å². The lowest BCUT2D eigenvalue weighted by molar-refractivity contribution is -0.154. The number of hydroxylamine groups is 2. The standard InChI is InChI=1S/C19H27ClN4O5/c1-4-23(2)19(26)29-24-7-5-14(15(10-24)27-3)22-18(25)12-9-13(20)16(21)11-6-8-28-17(11)12/h9,14-15H,4-8,10,21H2,1-3H3,(H,22,25). The second-order valence-corrected chi connectivity index (χ2v) is 7.54. The monoisotopic (exact) mass is 426 g/mol. The second-order valence-electron chi connectivity index (χ2n) is 7.13. The van der Waals surface area contributed by atoms with Gasteiger partial charge in [-0.2, -0.15) is 0 Å². The smallest absolute Gasteiger partial charge is 0.428 e. The number of halogens is 1. The molecule has 3 rings (SSSR count). The minimum absolute atomic E-state index is 0.250. The Kier molecular flexibility index (Phi) is 6.71. The Labute approximate surface area is 174 Å². The molecule has 2 heterocycles. The maximum Gasteiger partial charge on any atom is 0.428 e. The van der Waals surface area contributed by atoms with E-state index in [9.17, 15) is 9.59 Å². The third-order valence-corrected chi connectivity index (χ3v) is 5.66. The first-order valence-corrected chi connectivity index (χ1v) is 9.98. The molecule has 2 aliphatic heterocycles. The molecular formula is C19H27ClN4O5. The van der Waals surface area contributed by atoms with Crippen LogP contribution in [-0.4, -0.2) is 74.5 Å². The van der Waals surface area contributed by atoms with Crippen molar-refractivity contribution in [3.63, 3.8) is 0 Å². The maximum atomic E-state index is 12.9. The van der Waals surface area contributed by atoms with Gasteiger partial charge >= 0.3 is 6.09 Å². The van der Waals surface area contributed by atoms with E-state index in [2.05, 4.69) is 5.32 Å². The minimum Gasteiger partial charge on any atom is -0.492 e. The summed E-state index contributed by atoms with van der Waals surface area (Å²) in [4.78, 5) is 31.8. The van der Waals surface area contributed by atoms with Gasteiger partial charge in [0.25, 0.3) is 5.91 Å². The van der Waals surface area contributed by atoms with E-state index < -0.39 is 6.09 Å². The number of amides is 2. The van der Waals surface area contributed by atoms with Gasteiger partial charge in [-0.15, -0.1) is 5.06 Å². The average molecular weight is 427 g/mol. The van der Waals surface area contributed by atoms with Crippen molar-refractivity contribution >= 4 is 29.3 Å². The maximum absolute atomic E-state index is 12.9. The van der Waals surface area contributed by atoms with Crippen molar-refractivity contribution in [1.82, 2.24) is 15.3 Å². The van der Waals surface area contributed by atoms with Gasteiger partial charge in [-0.3, -0.25) is 4.79 Å². The zero-order chi connectivity index (χ0) is 21.1. The Balaban J connectivity index is 1.67. The highest BCUT2D eigenvalue weighted by molar-refractivity contribution is 6.33. The minimum atomic E-state index is -0.422. The lowest BCUT2D eigenvalue weighted by Gasteiger charge is -2.37. The van der Waals surface area contributed by atoms with Crippen LogP contribution in [0, 0.1) is 0 Å². The molecule has 2 amide bonds. The molecule has 0 saturated carbocycles. The van der Waals surface area contributed by atoms with Crippen LogP contribution in [0.25, 0.3) is 0 Å². The molecule has 1 aromatic carbocycles. The van der Waals surface area contributed by atoms with Gasteiger partial charge in [0.15, 0.2) is 0 Å². The zero-order valence-electron chi connectivity index (χ0n) is 16.9. The van der Waals surface area contributed by atoms with Crippen molar-refractivity contribution in [2.24, 2.45) is 0 Å². The Bertz CT molecular complexity index is 790. The summed E-state index contributed by atoms with van der Waals surface area (Å²) in [5.74, 6) is 0.195. The topological polar surface area (TPSA) is 106 Å². The van der Waals surface area contributed by atoms with Crippen LogP contribution in [0.4, 0.5) is 10.5 Å². The molecular weight excluding hydrogens is 400 g/mol. The van der Waals surface area contributed by atoms with E-state index in [1.54, 1.807) is 19.2 Å². The molecule has 10 heteroatoms. The van der Waals surface area contributed by atoms with Crippen LogP contribution >= 0.6 is 11.6 Å². The van der Waals surface area contributed by atoms with Gasteiger partial charge in [0.1, 0.15) is 5.75 Å². The van der Waals surface area contributed by atoms with Crippen molar-refractivity contribution in [2.75, 3.05) is 46.1 Å². The number of anilines is 1. The lowest BCUT2D eigenvalue weighted by atomic mass is 10.0. The highest BCUT2D eigenvalue weighted by atomic mass is 35.5. The number of piperidine rings is 1. The fourth-order valence-electron chi connectivity index (χ4n) is 3.47. The summed E-state index contributed by atoms with van der Waals surface area (Å²) in [5.41, 5.74) is 7.60. The third-order valence-electron chi connectivity index (χ3n) is 5.35. The Hall–Kier alpha value is -2.23. The van der Waals surface area contributed by atoms with Gasteiger partial charge in [-0.05, 0) is 19.4 Å². The van der Waals surface area contributed by atoms with Crippen LogP contribution in [-0.2, 0) is 16.0 Å². The molecule has 0 bridgehead atoms. The molecule has 1 aromatic rings. The Morgan fingerprint density at radius 3 is 2.93 bits per heavy atom. The summed E-state index contributed by atoms with van der Waals surface area (Å²) < 4.78 is 11.2. The summed E-state index contributed by atoms with van der Waals surface area (Å²) in [6.45, 7) is 3.71. The summed E-state index contributed by atoms with van der Waals surface area (Å²) in [6.07, 6.45) is 0.414. The van der Waals surface area contributed by atoms with Crippen LogP contribution < -0.4 is 15.8 Å². The zero-order valence-corrected chi connectivity index (χ0v) is 17.6. The summed E-state index contributed by atoms with van der Waals surface area (Å²) in [7, 11) is 3.23. The van der Waals surface area contributed by atoms with E-state index in [1.807, 2.05) is 6.92 Å². The SMILES string of the molecule is CCN(C)C(=O)ON1CCC(NC(=O)c2cc(Cl)c(N)c3c2OCC3)C(OC)C1. The summed E-state index contributed by atoms with van der Waals surface area (Å²) in [5, 5.41) is 4.90. The van der Waals surface area contributed by atoms with E-state index >= 15 is 0 Å². The number of fused-ring (bicyclic) bond motifs is 1. The Morgan fingerprint density at radius 1 is 1.48 bits per heavy atom. The fourth-order valence-corrected chi connectivity index (χ4v) is 3.69. The lowest BCUT2D eigenvalue weighted by Crippen LogP contribution is -2.55. The van der Waals surface area contributed by atoms with Gasteiger partial charge in [0.2, 0.25) is 0 Å². The van der Waals surface area contributed by atoms with E-state index in [-0.39, 0.29) is 18.1 Å². The van der Waals surface area contributed by atoms with Crippen LogP contribution in [0.3, 0.4) is 0 Å². The number of nitrogen functional groups attached to an aromatic ring is 1. The van der Waals surface area contributed by atoms with Crippen molar-refractivity contribution < 1.29 is 23.9 Å². The second kappa shape index (κ2) is 9.06. The van der Waals surface area contributed by atoms with Gasteiger partial charge in [-0.25, -0.2) is 4.79 Å². The van der Waals surface area contributed by atoms with Crippen molar-refractivity contribution in [1.29, 1.82) is 0 Å². The number of nitrogens with one attached hydrogen (secondary N) is 1. The number of hydrogen-bond donors (Lipinski definition) is 2. The number of ether oxygens (including phenoxy) is 2. The van der Waals surface area contributed by atoms with Crippen LogP contribution in [0.2, 0.25) is 5.02 Å². The molecule has 1 fully saturated rings. The van der Waals surface area contributed by atoms with Gasteiger partial charge in [-0.1, -0.05) is 11.6 Å². The predicted molar refractivity (Wildman–Crippen MR) is 108 cm³/mol. The van der Waals surface area contributed by atoms with E-state index in [0.29, 0.717) is 61.1 Å². The van der Waals surface area contributed by atoms with Crippen LogP contribution in [0.5, 0.6) is 5.75 Å². The number of nitrogens with zero attached hydrogens (tertiary/aromatic N) is 2. The molecule has 9 nitrogen and oxygen atoms in total. The molecule has 2 aliphatic rings. The summed E-state index contributed by atoms with van der Waals surface area (Å²) >= 11 is 6.20. The van der Waals surface area contributed by atoms with Crippen LogP contribution in [0.15, 0.2) is 6.07 Å². The molecule has 0 radical (unpaired) electrons. The summed E-state index contributed by atoms with van der Waals surface area (Å²) in [6, 6.07) is 1.29. The van der Waals surface area contributed by atoms with Crippen molar-refractivity contribution in [3.05, 3.63) is 22.2 Å². The number of benzene rings is 1. The number of carbonyl (C=O) groups excluding carboxylic acids is 2. The predicted octanol–water partition coefficient (Wildman–Crippen LogP) is 1.68. The molecule has 29 heavy (non-hydrogen) atoms. The number of rotatable bonds is 5. The molecule has 0 aromatic heterocycles. The molecule has 0 spiro atoms. The van der Waals surface area contributed by atoms with Crippen molar-refractivity contribution in [2.45, 2.75) is 31.9 Å². The molecule has 2 atom stereocenters. The van der Waals surface area contributed by atoms with E-state index in [0.717, 1.165) is 5.56 Å². The number of nitrogens with two attached hydrogens (primary N) is 1. The average Bonchev–Trinajstić information content (AvgIpc) is 3.21. The highest BCUT2D eigenvalue weighted by Crippen LogP contribution is 2.38. The highest BCUT2D eigenvalue weighted by Gasteiger charge is 2.34. The first-order chi connectivity index (χ1) is 13.8. The first kappa shape index (κ1) is 21.5. The van der Waals surface area contributed by atoms with Gasteiger partial charge in [0, 0.05) is 39.2 Å². The fraction of sp³-hybridized carbons (Fsp3) is 0.579. The molecule has 160 valence electrons. The third kappa shape index (κ3) is 4.52. The molecule has 1 saturated heterocycles.